The van der Waals surface area contributed by atoms with Gasteiger partial charge in [-0.1, -0.05) is 17.7 Å². The number of halogens is 4. The van der Waals surface area contributed by atoms with Crippen molar-refractivity contribution in [3.05, 3.63) is 22.7 Å². The number of ether oxygens (including phenoxy) is 2. The largest absolute Gasteiger partial charge is 0.493 e. The molecule has 0 heterocycles. The van der Waals surface area contributed by atoms with Gasteiger partial charge in [-0.25, -0.2) is 0 Å². The lowest BCUT2D eigenvalue weighted by molar-refractivity contribution is -0.126. The molecule has 0 aromatic heterocycles. The van der Waals surface area contributed by atoms with Crippen LogP contribution in [0, 0.1) is 0 Å². The van der Waals surface area contributed by atoms with Gasteiger partial charge in [0.05, 0.1) is 38.4 Å². The molecule has 0 spiro atoms. The third kappa shape index (κ3) is 4.16. The minimum Gasteiger partial charge on any atom is -0.493 e. The number of benzene rings is 1. The Balaban J connectivity index is 3.04. The van der Waals surface area contributed by atoms with E-state index in [9.17, 15) is 18.3 Å². The van der Waals surface area contributed by atoms with Crippen molar-refractivity contribution in [2.45, 2.75) is 12.2 Å². The molecular weight excluding hydrogens is 299 g/mol. The Bertz CT molecular complexity index is 454. The van der Waals surface area contributed by atoms with Gasteiger partial charge in [0.2, 0.25) is 0 Å². The summed E-state index contributed by atoms with van der Waals surface area (Å²) in [7, 11) is 2.78. The van der Waals surface area contributed by atoms with E-state index in [1.165, 1.54) is 26.4 Å². The Morgan fingerprint density at radius 3 is 2.40 bits per heavy atom. The van der Waals surface area contributed by atoms with Crippen LogP contribution in [0.15, 0.2) is 12.1 Å². The number of hydrogen-bond donors (Lipinski definition) is 2. The first-order valence-electron chi connectivity index (χ1n) is 5.65. The molecule has 114 valence electrons. The number of methoxy groups -OCH3 is 2. The molecule has 20 heavy (non-hydrogen) atoms. The fourth-order valence-corrected chi connectivity index (χ4v) is 2.05. The standard InChI is InChI=1S/C12H15ClF3NO3/c1-19-9-4-3-7(10(13)11(9)20-2)8(5-18)17-6-12(14,15)16/h3-4,8,17-18H,5-6H2,1-2H3. The highest BCUT2D eigenvalue weighted by Crippen LogP contribution is 2.39. The first kappa shape index (κ1) is 16.9. The number of aliphatic hydroxyl groups excluding tert-OH is 1. The summed E-state index contributed by atoms with van der Waals surface area (Å²) in [4.78, 5) is 0. The maximum Gasteiger partial charge on any atom is 0.401 e. The van der Waals surface area contributed by atoms with Gasteiger partial charge in [0, 0.05) is 0 Å². The lowest BCUT2D eigenvalue weighted by atomic mass is 10.1. The molecule has 0 bridgehead atoms. The molecule has 1 rings (SSSR count). The first-order chi connectivity index (χ1) is 9.34. The van der Waals surface area contributed by atoms with Gasteiger partial charge < -0.3 is 14.6 Å². The lowest BCUT2D eigenvalue weighted by Crippen LogP contribution is -2.34. The smallest absolute Gasteiger partial charge is 0.401 e. The number of nitrogens with one attached hydrogen (secondary N) is 1. The lowest BCUT2D eigenvalue weighted by Gasteiger charge is -2.21. The summed E-state index contributed by atoms with van der Waals surface area (Å²) in [6.07, 6.45) is -4.38. The maximum atomic E-state index is 12.2. The molecule has 4 nitrogen and oxygen atoms in total. The molecule has 8 heteroatoms. The Kier molecular flexibility index (Phi) is 5.91. The van der Waals surface area contributed by atoms with Crippen molar-refractivity contribution < 1.29 is 27.8 Å². The number of aliphatic hydroxyl groups is 1. The molecule has 1 aromatic carbocycles. The van der Waals surface area contributed by atoms with Crippen LogP contribution >= 0.6 is 11.6 Å². The van der Waals surface area contributed by atoms with Gasteiger partial charge in [-0.05, 0) is 11.6 Å². The van der Waals surface area contributed by atoms with Crippen LogP contribution in [-0.2, 0) is 0 Å². The van der Waals surface area contributed by atoms with Gasteiger partial charge in [0.1, 0.15) is 0 Å². The van der Waals surface area contributed by atoms with E-state index in [0.717, 1.165) is 0 Å². The zero-order valence-electron chi connectivity index (χ0n) is 10.9. The van der Waals surface area contributed by atoms with Gasteiger partial charge in [0.15, 0.2) is 11.5 Å². The maximum absolute atomic E-state index is 12.2. The Hall–Kier alpha value is -1.18. The fourth-order valence-electron chi connectivity index (χ4n) is 1.69. The van der Waals surface area contributed by atoms with Crippen LogP contribution < -0.4 is 14.8 Å². The predicted octanol–water partition coefficient (Wildman–Crippen LogP) is 2.54. The highest BCUT2D eigenvalue weighted by atomic mass is 35.5. The Morgan fingerprint density at radius 2 is 1.95 bits per heavy atom. The van der Waals surface area contributed by atoms with Gasteiger partial charge in [0.25, 0.3) is 0 Å². The van der Waals surface area contributed by atoms with E-state index >= 15 is 0 Å². The topological polar surface area (TPSA) is 50.7 Å². The summed E-state index contributed by atoms with van der Waals surface area (Å²) in [6, 6.07) is 2.04. The van der Waals surface area contributed by atoms with E-state index in [1.54, 1.807) is 0 Å². The summed E-state index contributed by atoms with van der Waals surface area (Å²) < 4.78 is 46.7. The van der Waals surface area contributed by atoms with Crippen molar-refractivity contribution in [2.75, 3.05) is 27.4 Å². The molecule has 1 unspecified atom stereocenters. The second-order valence-corrected chi connectivity index (χ2v) is 4.31. The second-order valence-electron chi connectivity index (χ2n) is 3.94. The van der Waals surface area contributed by atoms with Crippen molar-refractivity contribution in [1.29, 1.82) is 0 Å². The van der Waals surface area contributed by atoms with Crippen LogP contribution in [0.3, 0.4) is 0 Å². The minimum atomic E-state index is -4.38. The molecule has 0 aliphatic heterocycles. The summed E-state index contributed by atoms with van der Waals surface area (Å²) in [5, 5.41) is 11.5. The molecule has 0 saturated heterocycles. The highest BCUT2D eigenvalue weighted by molar-refractivity contribution is 6.33. The molecule has 0 aliphatic rings. The third-order valence-corrected chi connectivity index (χ3v) is 3.01. The minimum absolute atomic E-state index is 0.0978. The third-order valence-electron chi connectivity index (χ3n) is 2.62. The quantitative estimate of drug-likeness (QED) is 0.847. The molecule has 0 fully saturated rings. The highest BCUT2D eigenvalue weighted by Gasteiger charge is 2.29. The summed E-state index contributed by atoms with van der Waals surface area (Å²) in [6.45, 7) is -1.77. The number of alkyl halides is 3. The van der Waals surface area contributed by atoms with Gasteiger partial charge >= 0.3 is 6.18 Å². The van der Waals surface area contributed by atoms with Crippen LogP contribution in [0.2, 0.25) is 5.02 Å². The predicted molar refractivity (Wildman–Crippen MR) is 68.4 cm³/mol. The average Bonchev–Trinajstić information content (AvgIpc) is 2.39. The molecule has 0 saturated carbocycles. The molecular formula is C12H15ClF3NO3. The van der Waals surface area contributed by atoms with Crippen molar-refractivity contribution in [1.82, 2.24) is 5.32 Å². The molecule has 0 radical (unpaired) electrons. The normalized spacial score (nSPS) is 13.2. The van der Waals surface area contributed by atoms with Gasteiger partial charge in [-0.3, -0.25) is 5.32 Å². The fraction of sp³-hybridized carbons (Fsp3) is 0.500. The van der Waals surface area contributed by atoms with E-state index in [-0.39, 0.29) is 10.8 Å². The number of hydrogen-bond acceptors (Lipinski definition) is 4. The Labute approximate surface area is 119 Å². The SMILES string of the molecule is COc1ccc(C(CO)NCC(F)(F)F)c(Cl)c1OC. The molecule has 0 amide bonds. The van der Waals surface area contributed by atoms with E-state index in [1.807, 2.05) is 0 Å². The van der Waals surface area contributed by atoms with E-state index in [2.05, 4.69) is 5.32 Å². The first-order valence-corrected chi connectivity index (χ1v) is 6.03. The van der Waals surface area contributed by atoms with E-state index < -0.39 is 25.4 Å². The van der Waals surface area contributed by atoms with Crippen molar-refractivity contribution >= 4 is 11.6 Å². The van der Waals surface area contributed by atoms with E-state index in [0.29, 0.717) is 11.3 Å². The summed E-state index contributed by atoms with van der Waals surface area (Å²) in [5.74, 6) is 0.563. The van der Waals surface area contributed by atoms with Crippen molar-refractivity contribution in [3.8, 4) is 11.5 Å². The van der Waals surface area contributed by atoms with Gasteiger partial charge in [-0.15, -0.1) is 0 Å². The molecule has 2 N–H and O–H groups in total. The van der Waals surface area contributed by atoms with Crippen LogP contribution in [0.25, 0.3) is 0 Å². The van der Waals surface area contributed by atoms with Gasteiger partial charge in [-0.2, -0.15) is 13.2 Å². The molecule has 0 aliphatic carbocycles. The summed E-state index contributed by atoms with van der Waals surface area (Å²) in [5.41, 5.74) is 0.302. The van der Waals surface area contributed by atoms with Crippen LogP contribution in [0.1, 0.15) is 11.6 Å². The van der Waals surface area contributed by atoms with Crippen molar-refractivity contribution in [3.63, 3.8) is 0 Å². The summed E-state index contributed by atoms with van der Waals surface area (Å²) >= 11 is 6.08. The van der Waals surface area contributed by atoms with Crippen LogP contribution in [0.5, 0.6) is 11.5 Å². The van der Waals surface area contributed by atoms with Crippen molar-refractivity contribution in [2.24, 2.45) is 0 Å². The Morgan fingerprint density at radius 1 is 1.30 bits per heavy atom. The monoisotopic (exact) mass is 313 g/mol. The average molecular weight is 314 g/mol. The molecule has 1 atom stereocenters. The second kappa shape index (κ2) is 7.01. The van der Waals surface area contributed by atoms with Crippen LogP contribution in [-0.4, -0.2) is 38.7 Å². The van der Waals surface area contributed by atoms with E-state index in [4.69, 9.17) is 21.1 Å². The number of rotatable bonds is 6. The zero-order valence-corrected chi connectivity index (χ0v) is 11.7. The van der Waals surface area contributed by atoms with Crippen LogP contribution in [0.4, 0.5) is 13.2 Å². The zero-order chi connectivity index (χ0) is 15.3. The molecule has 1 aromatic rings.